The molecule has 0 heterocycles. The molecule has 0 saturated carbocycles. The van der Waals surface area contributed by atoms with Crippen molar-refractivity contribution in [2.75, 3.05) is 36.9 Å². The molecule has 0 fully saturated rings. The Morgan fingerprint density at radius 2 is 1.60 bits per heavy atom. The van der Waals surface area contributed by atoms with Gasteiger partial charge in [0.1, 0.15) is 5.41 Å². The van der Waals surface area contributed by atoms with Crippen LogP contribution in [0.4, 0.5) is 11.4 Å². The summed E-state index contributed by atoms with van der Waals surface area (Å²) < 4.78 is 0. The van der Waals surface area contributed by atoms with Gasteiger partial charge in [0, 0.05) is 38.1 Å². The van der Waals surface area contributed by atoms with Crippen LogP contribution in [0.2, 0.25) is 0 Å². The molecule has 0 aliphatic carbocycles. The Morgan fingerprint density at radius 1 is 1.04 bits per heavy atom. The molecule has 0 bridgehead atoms. The summed E-state index contributed by atoms with van der Waals surface area (Å²) in [5, 5.41) is 2.87. The summed E-state index contributed by atoms with van der Waals surface area (Å²) in [6.07, 6.45) is 1.95. The van der Waals surface area contributed by atoms with Gasteiger partial charge in [0.2, 0.25) is 11.8 Å². The van der Waals surface area contributed by atoms with E-state index in [0.29, 0.717) is 12.2 Å². The zero-order valence-electron chi connectivity index (χ0n) is 16.6. The lowest BCUT2D eigenvalue weighted by Crippen LogP contribution is -2.46. The molecule has 0 radical (unpaired) electrons. The van der Waals surface area contributed by atoms with Gasteiger partial charge in [-0.15, -0.1) is 0 Å². The van der Waals surface area contributed by atoms with Crippen LogP contribution in [-0.2, 0) is 9.59 Å². The largest absolute Gasteiger partial charge is 0.372 e. The van der Waals surface area contributed by atoms with Gasteiger partial charge in [0.15, 0.2) is 0 Å². The van der Waals surface area contributed by atoms with Crippen LogP contribution >= 0.6 is 0 Å². The van der Waals surface area contributed by atoms with E-state index in [1.807, 2.05) is 24.3 Å². The zero-order chi connectivity index (χ0) is 19.0. The first-order chi connectivity index (χ1) is 11.8. The number of anilines is 2. The van der Waals surface area contributed by atoms with Crippen molar-refractivity contribution < 1.29 is 9.59 Å². The summed E-state index contributed by atoms with van der Waals surface area (Å²) in [5.74, 6) is -0.436. The quantitative estimate of drug-likeness (QED) is 0.692. The first kappa shape index (κ1) is 21.0. The number of amides is 2. The number of nitrogens with one attached hydrogen (secondary N) is 1. The normalized spacial score (nSPS) is 11.1. The lowest BCUT2D eigenvalue weighted by Gasteiger charge is -2.28. The Labute approximate surface area is 152 Å². The molecule has 0 aromatic heterocycles. The van der Waals surface area contributed by atoms with Crippen molar-refractivity contribution >= 4 is 23.2 Å². The third kappa shape index (κ3) is 5.48. The smallest absolute Gasteiger partial charge is 0.239 e. The molecule has 0 atom stereocenters. The fourth-order valence-electron chi connectivity index (χ4n) is 2.70. The van der Waals surface area contributed by atoms with Crippen LogP contribution < -0.4 is 10.2 Å². The molecule has 5 nitrogen and oxygen atoms in total. The van der Waals surface area contributed by atoms with Crippen molar-refractivity contribution in [2.45, 2.75) is 47.5 Å². The maximum absolute atomic E-state index is 12.6. The number of unbranched alkanes of at least 4 members (excludes halogenated alkanes) is 1. The van der Waals surface area contributed by atoms with Gasteiger partial charge in [-0.05, 0) is 58.4 Å². The van der Waals surface area contributed by atoms with Crippen molar-refractivity contribution in [3.63, 3.8) is 0 Å². The summed E-state index contributed by atoms with van der Waals surface area (Å²) in [7, 11) is 1.76. The first-order valence-electron chi connectivity index (χ1n) is 9.19. The molecule has 140 valence electrons. The van der Waals surface area contributed by atoms with Crippen molar-refractivity contribution in [1.82, 2.24) is 4.90 Å². The Morgan fingerprint density at radius 3 is 2.08 bits per heavy atom. The van der Waals surface area contributed by atoms with Crippen LogP contribution in [0.1, 0.15) is 47.5 Å². The van der Waals surface area contributed by atoms with Crippen LogP contribution in [0, 0.1) is 5.41 Å². The highest BCUT2D eigenvalue weighted by atomic mass is 16.2. The highest BCUT2D eigenvalue weighted by Crippen LogP contribution is 2.23. The Balaban J connectivity index is 2.78. The number of carbonyl (C=O) groups is 2. The molecule has 1 aromatic carbocycles. The van der Waals surface area contributed by atoms with Crippen molar-refractivity contribution in [1.29, 1.82) is 0 Å². The van der Waals surface area contributed by atoms with E-state index in [1.54, 1.807) is 25.8 Å². The fraction of sp³-hybridized carbons (Fsp3) is 0.600. The van der Waals surface area contributed by atoms with Gasteiger partial charge in [-0.25, -0.2) is 0 Å². The van der Waals surface area contributed by atoms with Gasteiger partial charge >= 0.3 is 0 Å². The number of carbonyl (C=O) groups excluding carboxylic acids is 2. The average Bonchev–Trinajstić information content (AvgIpc) is 2.61. The van der Waals surface area contributed by atoms with E-state index in [1.165, 1.54) is 0 Å². The molecule has 1 rings (SSSR count). The molecule has 1 N–H and O–H groups in total. The number of hydrogen-bond donors (Lipinski definition) is 1. The maximum atomic E-state index is 12.6. The molecule has 1 aromatic rings. The standard InChI is InChI=1S/C20H33N3O2/c1-7-10-15-22(6)19(25)20(4,5)18(24)21-16-11-13-17(14-12-16)23(8-2)9-3/h11-14H,7-10,15H2,1-6H3,(H,21,24). The highest BCUT2D eigenvalue weighted by molar-refractivity contribution is 6.09. The lowest BCUT2D eigenvalue weighted by atomic mass is 9.90. The Bertz CT molecular complexity index is 563. The average molecular weight is 348 g/mol. The summed E-state index contributed by atoms with van der Waals surface area (Å²) in [5.41, 5.74) is 0.732. The topological polar surface area (TPSA) is 52.7 Å². The van der Waals surface area contributed by atoms with E-state index >= 15 is 0 Å². The highest BCUT2D eigenvalue weighted by Gasteiger charge is 2.38. The van der Waals surface area contributed by atoms with Crippen LogP contribution in [0.3, 0.4) is 0 Å². The number of nitrogens with zero attached hydrogens (tertiary/aromatic N) is 2. The van der Waals surface area contributed by atoms with E-state index in [0.717, 1.165) is 31.6 Å². The van der Waals surface area contributed by atoms with Crippen molar-refractivity contribution in [3.8, 4) is 0 Å². The monoisotopic (exact) mass is 347 g/mol. The molecule has 25 heavy (non-hydrogen) atoms. The molecular weight excluding hydrogens is 314 g/mol. The van der Waals surface area contributed by atoms with Crippen molar-refractivity contribution in [3.05, 3.63) is 24.3 Å². The van der Waals surface area contributed by atoms with Gasteiger partial charge in [-0.2, -0.15) is 0 Å². The zero-order valence-corrected chi connectivity index (χ0v) is 16.6. The summed E-state index contributed by atoms with van der Waals surface area (Å²) in [6, 6.07) is 7.75. The molecule has 0 unspecified atom stereocenters. The van der Waals surface area contributed by atoms with Gasteiger partial charge in [-0.3, -0.25) is 9.59 Å². The fourth-order valence-corrected chi connectivity index (χ4v) is 2.70. The number of rotatable bonds is 9. The summed E-state index contributed by atoms with van der Waals surface area (Å²) >= 11 is 0. The summed E-state index contributed by atoms with van der Waals surface area (Å²) in [6.45, 7) is 12.2. The van der Waals surface area contributed by atoms with E-state index in [2.05, 4.69) is 31.0 Å². The lowest BCUT2D eigenvalue weighted by molar-refractivity contribution is -0.145. The predicted octanol–water partition coefficient (Wildman–Crippen LogP) is 3.76. The van der Waals surface area contributed by atoms with Gasteiger partial charge in [0.05, 0.1) is 0 Å². The molecule has 0 spiro atoms. The molecule has 0 aliphatic rings. The number of hydrogen-bond acceptors (Lipinski definition) is 3. The SMILES string of the molecule is CCCCN(C)C(=O)C(C)(C)C(=O)Nc1ccc(N(CC)CC)cc1. The second-order valence-corrected chi connectivity index (χ2v) is 6.88. The van der Waals surface area contributed by atoms with Crippen LogP contribution in [-0.4, -0.2) is 43.4 Å². The number of benzene rings is 1. The Kier molecular flexibility index (Phi) is 7.94. The van der Waals surface area contributed by atoms with E-state index in [-0.39, 0.29) is 11.8 Å². The van der Waals surface area contributed by atoms with E-state index in [4.69, 9.17) is 0 Å². The Hall–Kier alpha value is -2.04. The van der Waals surface area contributed by atoms with Gasteiger partial charge in [0.25, 0.3) is 0 Å². The van der Waals surface area contributed by atoms with Crippen LogP contribution in [0.15, 0.2) is 24.3 Å². The van der Waals surface area contributed by atoms with Crippen molar-refractivity contribution in [2.24, 2.45) is 5.41 Å². The molecule has 2 amide bonds. The van der Waals surface area contributed by atoms with Crippen LogP contribution in [0.25, 0.3) is 0 Å². The molecule has 5 heteroatoms. The second kappa shape index (κ2) is 9.44. The maximum Gasteiger partial charge on any atom is 0.239 e. The second-order valence-electron chi connectivity index (χ2n) is 6.88. The van der Waals surface area contributed by atoms with Crippen LogP contribution in [0.5, 0.6) is 0 Å². The molecule has 0 aliphatic heterocycles. The minimum Gasteiger partial charge on any atom is -0.372 e. The van der Waals surface area contributed by atoms with Gasteiger partial charge in [-0.1, -0.05) is 13.3 Å². The first-order valence-corrected chi connectivity index (χ1v) is 9.19. The van der Waals surface area contributed by atoms with E-state index < -0.39 is 5.41 Å². The minimum atomic E-state index is -1.10. The summed E-state index contributed by atoms with van der Waals surface area (Å²) in [4.78, 5) is 29.1. The molecule has 0 saturated heterocycles. The third-order valence-electron chi connectivity index (χ3n) is 4.55. The predicted molar refractivity (Wildman–Crippen MR) is 105 cm³/mol. The minimum absolute atomic E-state index is 0.154. The third-order valence-corrected chi connectivity index (χ3v) is 4.55. The van der Waals surface area contributed by atoms with Gasteiger partial charge < -0.3 is 15.1 Å². The van der Waals surface area contributed by atoms with E-state index in [9.17, 15) is 9.59 Å². The molecular formula is C20H33N3O2.